The van der Waals surface area contributed by atoms with Crippen LogP contribution in [0.25, 0.3) is 0 Å². The van der Waals surface area contributed by atoms with Crippen LogP contribution in [0.3, 0.4) is 0 Å². The zero-order valence-corrected chi connectivity index (χ0v) is 23.0. The number of Topliss-reactive ketones (excluding diaryl/α,β-unsaturated/α-hetero) is 4. The molecule has 0 spiro atoms. The van der Waals surface area contributed by atoms with Gasteiger partial charge in [0, 0.05) is 32.1 Å². The number of ketones is 4. The van der Waals surface area contributed by atoms with E-state index in [0.29, 0.717) is 32.1 Å². The van der Waals surface area contributed by atoms with Crippen LogP contribution in [-0.4, -0.2) is 23.1 Å². The topological polar surface area (TPSA) is 68.3 Å². The van der Waals surface area contributed by atoms with Crippen LogP contribution in [0.1, 0.15) is 83.1 Å². The maximum Gasteiger partial charge on any atom is 0.230 e. The van der Waals surface area contributed by atoms with Crippen molar-refractivity contribution in [3.05, 3.63) is 44.3 Å². The van der Waals surface area contributed by atoms with Gasteiger partial charge in [-0.05, 0) is 33.8 Å². The molecule has 0 bridgehead atoms. The van der Waals surface area contributed by atoms with Crippen molar-refractivity contribution in [2.45, 2.75) is 83.1 Å². The zero-order valence-electron chi connectivity index (χ0n) is 22.2. The molecule has 0 N–H and O–H groups in total. The van der Waals surface area contributed by atoms with E-state index in [0.717, 1.165) is 0 Å². The number of hydrogen-bond acceptors (Lipinski definition) is 5. The van der Waals surface area contributed by atoms with Crippen molar-refractivity contribution in [3.8, 4) is 0 Å². The van der Waals surface area contributed by atoms with Crippen molar-refractivity contribution < 1.29 is 19.2 Å². The Morgan fingerprint density at radius 3 is 0.939 bits per heavy atom. The third kappa shape index (κ3) is 5.40. The largest absolute Gasteiger partial charge is 0.285 e. The molecule has 0 aromatic heterocycles. The summed E-state index contributed by atoms with van der Waals surface area (Å²) in [5.74, 6) is -1.92. The van der Waals surface area contributed by atoms with Crippen LogP contribution in [-0.2, 0) is 19.2 Å². The zero-order chi connectivity index (χ0) is 25.9. The standard InChI is InChI=1S/C28H38O4S/c1-25(2,3)15-13-17(19(27(7,8)9)23(31)21(15)29)33-18-14-16(26(4,5)6)22(30)24(32)20(18)28(10,11)12/h13-14H,1-12H3. The van der Waals surface area contributed by atoms with Gasteiger partial charge in [-0.3, -0.25) is 19.2 Å². The second-order valence-corrected chi connectivity index (χ2v) is 14.1. The molecular formula is C28H38O4S. The maximum absolute atomic E-state index is 13.3. The molecule has 5 heteroatoms. The second-order valence-electron chi connectivity index (χ2n) is 13.0. The second kappa shape index (κ2) is 8.33. The van der Waals surface area contributed by atoms with Crippen LogP contribution in [0.15, 0.2) is 44.3 Å². The summed E-state index contributed by atoms with van der Waals surface area (Å²) in [5, 5.41) is 0. The number of rotatable bonds is 2. The van der Waals surface area contributed by atoms with Gasteiger partial charge in [-0.25, -0.2) is 0 Å². The van der Waals surface area contributed by atoms with Gasteiger partial charge in [-0.2, -0.15) is 0 Å². The first-order valence-corrected chi connectivity index (χ1v) is 12.2. The van der Waals surface area contributed by atoms with Crippen LogP contribution < -0.4 is 0 Å². The molecule has 0 saturated carbocycles. The van der Waals surface area contributed by atoms with Gasteiger partial charge in [0.05, 0.1) is 0 Å². The summed E-state index contributed by atoms with van der Waals surface area (Å²) in [6.45, 7) is 22.9. The molecule has 33 heavy (non-hydrogen) atoms. The summed E-state index contributed by atoms with van der Waals surface area (Å²) in [6, 6.07) is 0. The molecule has 0 amide bonds. The van der Waals surface area contributed by atoms with E-state index < -0.39 is 44.8 Å². The van der Waals surface area contributed by atoms with Gasteiger partial charge < -0.3 is 0 Å². The Balaban J connectivity index is 2.90. The Labute approximate surface area is 203 Å². The minimum atomic E-state index is -0.567. The van der Waals surface area contributed by atoms with Gasteiger partial charge in [-0.1, -0.05) is 94.8 Å². The van der Waals surface area contributed by atoms with Crippen molar-refractivity contribution >= 4 is 34.9 Å². The summed E-state index contributed by atoms with van der Waals surface area (Å²) in [5.41, 5.74) is -0.339. The highest BCUT2D eigenvalue weighted by molar-refractivity contribution is 8.07. The Morgan fingerprint density at radius 2 is 0.727 bits per heavy atom. The van der Waals surface area contributed by atoms with Crippen molar-refractivity contribution in [3.63, 3.8) is 0 Å². The SMILES string of the molecule is CC(C)(C)C1=CC(SC2=C(C(C)(C)C)C(=O)C(=O)C(C(C)(C)C)=C2)=C(C(C)(C)C)C(=O)C1=O. The molecule has 4 nitrogen and oxygen atoms in total. The highest BCUT2D eigenvalue weighted by atomic mass is 32.2. The third-order valence-corrected chi connectivity index (χ3v) is 6.82. The van der Waals surface area contributed by atoms with Crippen molar-refractivity contribution in [1.82, 2.24) is 0 Å². The molecular weight excluding hydrogens is 432 g/mol. The number of carbonyl (C=O) groups excluding carboxylic acids is 4. The summed E-state index contributed by atoms with van der Waals surface area (Å²) < 4.78 is 0. The lowest BCUT2D eigenvalue weighted by molar-refractivity contribution is -0.133. The predicted octanol–water partition coefficient (Wildman–Crippen LogP) is 6.57. The Bertz CT molecular complexity index is 977. The molecule has 0 heterocycles. The molecule has 0 radical (unpaired) electrons. The van der Waals surface area contributed by atoms with E-state index in [-0.39, 0.29) is 0 Å². The van der Waals surface area contributed by atoms with Gasteiger partial charge in [0.2, 0.25) is 23.1 Å². The number of allylic oxidation sites excluding steroid dienone is 6. The lowest BCUT2D eigenvalue weighted by Crippen LogP contribution is -2.35. The summed E-state index contributed by atoms with van der Waals surface area (Å²) in [4.78, 5) is 53.9. The minimum absolute atomic E-state index is 0.446. The summed E-state index contributed by atoms with van der Waals surface area (Å²) >= 11 is 1.32. The monoisotopic (exact) mass is 470 g/mol. The molecule has 0 fully saturated rings. The van der Waals surface area contributed by atoms with Crippen molar-refractivity contribution in [2.24, 2.45) is 21.7 Å². The molecule has 2 aliphatic rings. The van der Waals surface area contributed by atoms with Crippen LogP contribution in [0, 0.1) is 21.7 Å². The average Bonchev–Trinajstić information content (AvgIpc) is 2.56. The first kappa shape index (κ1) is 27.2. The van der Waals surface area contributed by atoms with Crippen LogP contribution in [0.4, 0.5) is 0 Å². The lowest BCUT2D eigenvalue weighted by atomic mass is 9.73. The molecule has 0 aliphatic heterocycles. The Hall–Kier alpha value is -2.01. The fourth-order valence-corrected chi connectivity index (χ4v) is 5.64. The molecule has 2 aliphatic carbocycles. The first-order valence-electron chi connectivity index (χ1n) is 11.4. The fraction of sp³-hybridized carbons (Fsp3) is 0.571. The van der Waals surface area contributed by atoms with Crippen LogP contribution in [0.2, 0.25) is 0 Å². The first-order chi connectivity index (χ1) is 14.6. The highest BCUT2D eigenvalue weighted by Gasteiger charge is 2.43. The van der Waals surface area contributed by atoms with Crippen LogP contribution >= 0.6 is 11.8 Å². The van der Waals surface area contributed by atoms with Gasteiger partial charge in [-0.15, -0.1) is 0 Å². The van der Waals surface area contributed by atoms with E-state index in [2.05, 4.69) is 0 Å². The van der Waals surface area contributed by atoms with Crippen LogP contribution in [0.5, 0.6) is 0 Å². The number of thioether (sulfide) groups is 1. The molecule has 0 aromatic carbocycles. The highest BCUT2D eigenvalue weighted by Crippen LogP contribution is 2.48. The Kier molecular flexibility index (Phi) is 6.88. The average molecular weight is 471 g/mol. The van der Waals surface area contributed by atoms with E-state index in [4.69, 9.17) is 0 Å². The molecule has 2 rings (SSSR count). The number of hydrogen-bond donors (Lipinski definition) is 0. The smallest absolute Gasteiger partial charge is 0.230 e. The van der Waals surface area contributed by atoms with E-state index in [9.17, 15) is 19.2 Å². The maximum atomic E-state index is 13.3. The third-order valence-electron chi connectivity index (χ3n) is 5.74. The van der Waals surface area contributed by atoms with E-state index in [1.54, 1.807) is 0 Å². The lowest BCUT2D eigenvalue weighted by Gasteiger charge is -2.34. The van der Waals surface area contributed by atoms with E-state index in [1.165, 1.54) is 11.8 Å². The fourth-order valence-electron chi connectivity index (χ4n) is 4.05. The molecule has 0 atom stereocenters. The summed E-state index contributed by atoms with van der Waals surface area (Å²) in [7, 11) is 0. The van der Waals surface area contributed by atoms with Gasteiger partial charge in [0.1, 0.15) is 0 Å². The van der Waals surface area contributed by atoms with E-state index >= 15 is 0 Å². The minimum Gasteiger partial charge on any atom is -0.285 e. The molecule has 0 saturated heterocycles. The van der Waals surface area contributed by atoms with Gasteiger partial charge >= 0.3 is 0 Å². The number of carbonyl (C=O) groups is 4. The van der Waals surface area contributed by atoms with Crippen molar-refractivity contribution in [2.75, 3.05) is 0 Å². The normalized spacial score (nSPS) is 19.4. The molecule has 180 valence electrons. The molecule has 0 aromatic rings. The quantitative estimate of drug-likeness (QED) is 0.337. The predicted molar refractivity (Wildman–Crippen MR) is 136 cm³/mol. The summed E-state index contributed by atoms with van der Waals surface area (Å²) in [6.07, 6.45) is 3.63. The molecule has 0 unspecified atom stereocenters. The van der Waals surface area contributed by atoms with E-state index in [1.807, 2.05) is 95.2 Å². The van der Waals surface area contributed by atoms with Crippen molar-refractivity contribution in [1.29, 1.82) is 0 Å². The Morgan fingerprint density at radius 1 is 0.455 bits per heavy atom. The van der Waals surface area contributed by atoms with Gasteiger partial charge in [0.25, 0.3) is 0 Å². The van der Waals surface area contributed by atoms with Gasteiger partial charge in [0.15, 0.2) is 0 Å².